The molecule has 6 heteroatoms. The number of aliphatic hydroxyl groups excluding tert-OH is 1. The first-order valence-electron chi connectivity index (χ1n) is 7.58. The molecule has 0 unspecified atom stereocenters. The molecule has 0 spiro atoms. The maximum atomic E-state index is 11.9. The van der Waals surface area contributed by atoms with Gasteiger partial charge < -0.3 is 15.7 Å². The molecule has 0 aliphatic rings. The summed E-state index contributed by atoms with van der Waals surface area (Å²) in [6.07, 6.45) is 1.27. The van der Waals surface area contributed by atoms with Gasteiger partial charge in [-0.05, 0) is 38.0 Å². The molecule has 0 fully saturated rings. The highest BCUT2D eigenvalue weighted by atomic mass is 16.3. The van der Waals surface area contributed by atoms with Crippen molar-refractivity contribution in [3.63, 3.8) is 0 Å². The second-order valence-corrected chi connectivity index (χ2v) is 6.10. The Hall–Kier alpha value is -2.08. The maximum Gasteiger partial charge on any atom is 0.319 e. The Kier molecular flexibility index (Phi) is 5.03. The average Bonchev–Trinajstić information content (AvgIpc) is 2.87. The number of hydrogen-bond donors (Lipinski definition) is 3. The SMILES string of the molecule is CC(C)[C@H](O)CNC(=O)Nc1ccc2cnn(C(C)C)c2c1. The van der Waals surface area contributed by atoms with Crippen molar-refractivity contribution in [2.45, 2.75) is 39.8 Å². The third-order valence-corrected chi connectivity index (χ3v) is 3.59. The highest BCUT2D eigenvalue weighted by molar-refractivity contribution is 5.92. The van der Waals surface area contributed by atoms with Gasteiger partial charge in [-0.15, -0.1) is 0 Å². The number of amides is 2. The molecule has 120 valence electrons. The summed E-state index contributed by atoms with van der Waals surface area (Å²) < 4.78 is 1.92. The van der Waals surface area contributed by atoms with Gasteiger partial charge in [-0.25, -0.2) is 4.79 Å². The molecule has 1 aromatic heterocycles. The van der Waals surface area contributed by atoms with Gasteiger partial charge in [-0.1, -0.05) is 13.8 Å². The van der Waals surface area contributed by atoms with E-state index in [1.165, 1.54) is 0 Å². The summed E-state index contributed by atoms with van der Waals surface area (Å²) in [4.78, 5) is 11.9. The van der Waals surface area contributed by atoms with Crippen LogP contribution in [0.1, 0.15) is 33.7 Å². The van der Waals surface area contributed by atoms with Gasteiger partial charge >= 0.3 is 6.03 Å². The molecule has 1 aromatic carbocycles. The van der Waals surface area contributed by atoms with Gasteiger partial charge in [0.1, 0.15) is 0 Å². The van der Waals surface area contributed by atoms with E-state index in [9.17, 15) is 9.90 Å². The number of carbonyl (C=O) groups excluding carboxylic acids is 1. The summed E-state index contributed by atoms with van der Waals surface area (Å²) in [7, 11) is 0. The topological polar surface area (TPSA) is 79.2 Å². The number of urea groups is 1. The molecule has 6 nitrogen and oxygen atoms in total. The minimum atomic E-state index is -0.546. The van der Waals surface area contributed by atoms with Crippen molar-refractivity contribution in [1.29, 1.82) is 0 Å². The van der Waals surface area contributed by atoms with Crippen LogP contribution in [-0.4, -0.2) is 33.6 Å². The van der Waals surface area contributed by atoms with Gasteiger partial charge in [-0.3, -0.25) is 4.68 Å². The molecular weight excluding hydrogens is 280 g/mol. The maximum absolute atomic E-state index is 11.9. The standard InChI is InChI=1S/C16H24N4O2/c1-10(2)15(21)9-17-16(22)19-13-6-5-12-8-18-20(11(3)4)14(12)7-13/h5-8,10-11,15,21H,9H2,1-4H3,(H2,17,19,22)/t15-/m1/s1. The molecule has 22 heavy (non-hydrogen) atoms. The highest BCUT2D eigenvalue weighted by Gasteiger charge is 2.11. The summed E-state index contributed by atoms with van der Waals surface area (Å²) in [5.74, 6) is 0.108. The normalized spacial score (nSPS) is 12.9. The van der Waals surface area contributed by atoms with Crippen LogP contribution >= 0.6 is 0 Å². The van der Waals surface area contributed by atoms with E-state index in [1.54, 1.807) is 0 Å². The molecule has 0 aliphatic heterocycles. The van der Waals surface area contributed by atoms with E-state index < -0.39 is 6.10 Å². The first-order chi connectivity index (χ1) is 10.4. The summed E-state index contributed by atoms with van der Waals surface area (Å²) in [6.45, 7) is 8.17. The van der Waals surface area contributed by atoms with Gasteiger partial charge in [0.15, 0.2) is 0 Å². The van der Waals surface area contributed by atoms with Crippen LogP contribution < -0.4 is 10.6 Å². The van der Waals surface area contributed by atoms with Crippen molar-refractivity contribution in [1.82, 2.24) is 15.1 Å². The van der Waals surface area contributed by atoms with Gasteiger partial charge in [0, 0.05) is 23.7 Å². The highest BCUT2D eigenvalue weighted by Crippen LogP contribution is 2.21. The summed E-state index contributed by atoms with van der Waals surface area (Å²) in [6, 6.07) is 5.60. The Labute approximate surface area is 130 Å². The lowest BCUT2D eigenvalue weighted by Gasteiger charge is -2.15. The molecular formula is C16H24N4O2. The van der Waals surface area contributed by atoms with E-state index in [2.05, 4.69) is 29.6 Å². The smallest absolute Gasteiger partial charge is 0.319 e. The Morgan fingerprint density at radius 2 is 2.05 bits per heavy atom. The molecule has 0 radical (unpaired) electrons. The summed E-state index contributed by atoms with van der Waals surface area (Å²) in [5, 5.41) is 20.5. The number of nitrogens with one attached hydrogen (secondary N) is 2. The Balaban J connectivity index is 2.05. The number of hydrogen-bond acceptors (Lipinski definition) is 3. The quantitative estimate of drug-likeness (QED) is 0.794. The fourth-order valence-electron chi connectivity index (χ4n) is 2.14. The zero-order valence-electron chi connectivity index (χ0n) is 13.5. The number of carbonyl (C=O) groups is 1. The molecule has 0 bridgehead atoms. The molecule has 3 N–H and O–H groups in total. The fraction of sp³-hybridized carbons (Fsp3) is 0.500. The Morgan fingerprint density at radius 1 is 1.32 bits per heavy atom. The third-order valence-electron chi connectivity index (χ3n) is 3.59. The first kappa shape index (κ1) is 16.3. The van der Waals surface area contributed by atoms with Crippen LogP contribution in [-0.2, 0) is 0 Å². The minimum Gasteiger partial charge on any atom is -0.391 e. The first-order valence-corrected chi connectivity index (χ1v) is 7.58. The van der Waals surface area contributed by atoms with E-state index in [1.807, 2.05) is 42.9 Å². The molecule has 0 aliphatic carbocycles. The third kappa shape index (κ3) is 3.76. The molecule has 0 saturated heterocycles. The molecule has 1 heterocycles. The van der Waals surface area contributed by atoms with Gasteiger partial charge in [0.25, 0.3) is 0 Å². The van der Waals surface area contributed by atoms with E-state index in [0.29, 0.717) is 5.69 Å². The lowest BCUT2D eigenvalue weighted by atomic mass is 10.1. The van der Waals surface area contributed by atoms with E-state index >= 15 is 0 Å². The molecule has 1 atom stereocenters. The predicted molar refractivity (Wildman–Crippen MR) is 88.0 cm³/mol. The monoisotopic (exact) mass is 304 g/mol. The molecule has 2 aromatic rings. The second-order valence-electron chi connectivity index (χ2n) is 6.10. The van der Waals surface area contributed by atoms with Crippen molar-refractivity contribution in [2.75, 3.05) is 11.9 Å². The van der Waals surface area contributed by atoms with Crippen molar-refractivity contribution >= 4 is 22.6 Å². The van der Waals surface area contributed by atoms with Gasteiger partial charge in [-0.2, -0.15) is 5.10 Å². The number of rotatable bonds is 5. The van der Waals surface area contributed by atoms with E-state index in [0.717, 1.165) is 10.9 Å². The number of fused-ring (bicyclic) bond motifs is 1. The predicted octanol–water partition coefficient (Wildman–Crippen LogP) is 2.76. The minimum absolute atomic E-state index is 0.108. The van der Waals surface area contributed by atoms with Crippen molar-refractivity contribution in [3.8, 4) is 0 Å². The fourth-order valence-corrected chi connectivity index (χ4v) is 2.14. The lowest BCUT2D eigenvalue weighted by molar-refractivity contribution is 0.126. The van der Waals surface area contributed by atoms with Crippen LogP contribution in [0.2, 0.25) is 0 Å². The largest absolute Gasteiger partial charge is 0.391 e. The van der Waals surface area contributed by atoms with Crippen LogP contribution in [0, 0.1) is 5.92 Å². The van der Waals surface area contributed by atoms with Crippen LogP contribution in [0.15, 0.2) is 24.4 Å². The lowest BCUT2D eigenvalue weighted by Crippen LogP contribution is -2.37. The van der Waals surface area contributed by atoms with Crippen LogP contribution in [0.5, 0.6) is 0 Å². The van der Waals surface area contributed by atoms with E-state index in [4.69, 9.17) is 0 Å². The van der Waals surface area contributed by atoms with Crippen LogP contribution in [0.4, 0.5) is 10.5 Å². The van der Waals surface area contributed by atoms with Crippen molar-refractivity contribution in [3.05, 3.63) is 24.4 Å². The number of anilines is 1. The zero-order valence-corrected chi connectivity index (χ0v) is 13.5. The second kappa shape index (κ2) is 6.79. The molecule has 2 rings (SSSR count). The Bertz CT molecular complexity index is 649. The number of nitrogens with zero attached hydrogens (tertiary/aromatic N) is 2. The van der Waals surface area contributed by atoms with Crippen molar-refractivity contribution < 1.29 is 9.90 Å². The number of aromatic nitrogens is 2. The summed E-state index contributed by atoms with van der Waals surface area (Å²) >= 11 is 0. The molecule has 0 saturated carbocycles. The Morgan fingerprint density at radius 3 is 2.68 bits per heavy atom. The average molecular weight is 304 g/mol. The van der Waals surface area contributed by atoms with E-state index in [-0.39, 0.29) is 24.5 Å². The zero-order chi connectivity index (χ0) is 16.3. The van der Waals surface area contributed by atoms with Crippen LogP contribution in [0.3, 0.4) is 0 Å². The van der Waals surface area contributed by atoms with Gasteiger partial charge in [0.05, 0.1) is 17.8 Å². The summed E-state index contributed by atoms with van der Waals surface area (Å²) in [5.41, 5.74) is 1.68. The number of aliphatic hydroxyl groups is 1. The van der Waals surface area contributed by atoms with Gasteiger partial charge in [0.2, 0.25) is 0 Å². The number of benzene rings is 1. The molecule has 2 amide bonds. The van der Waals surface area contributed by atoms with Crippen LogP contribution in [0.25, 0.3) is 10.9 Å². The van der Waals surface area contributed by atoms with Crippen molar-refractivity contribution in [2.24, 2.45) is 5.92 Å².